The van der Waals surface area contributed by atoms with Crippen LogP contribution < -0.4 is 10.6 Å². The normalized spacial score (nSPS) is 10.4. The van der Waals surface area contributed by atoms with Crippen LogP contribution in [-0.2, 0) is 6.42 Å². The predicted octanol–water partition coefficient (Wildman–Crippen LogP) is 3.65. The van der Waals surface area contributed by atoms with Crippen molar-refractivity contribution in [2.45, 2.75) is 33.1 Å². The fourth-order valence-corrected chi connectivity index (χ4v) is 2.09. The third-order valence-corrected chi connectivity index (χ3v) is 3.23. The lowest BCUT2D eigenvalue weighted by Gasteiger charge is -2.09. The molecule has 0 fully saturated rings. The first-order valence-corrected chi connectivity index (χ1v) is 7.65. The summed E-state index contributed by atoms with van der Waals surface area (Å²) in [7, 11) is 0. The summed E-state index contributed by atoms with van der Waals surface area (Å²) < 4.78 is 0. The number of hydrogen-bond donors (Lipinski definition) is 2. The largest absolute Gasteiger partial charge is 0.370 e. The summed E-state index contributed by atoms with van der Waals surface area (Å²) >= 11 is 0. The van der Waals surface area contributed by atoms with E-state index in [0.717, 1.165) is 37.4 Å². The van der Waals surface area contributed by atoms with Gasteiger partial charge in [-0.1, -0.05) is 43.7 Å². The second-order valence-electron chi connectivity index (χ2n) is 5.16. The van der Waals surface area contributed by atoms with Crippen LogP contribution in [0.1, 0.15) is 31.0 Å². The molecule has 2 aromatic rings. The number of anilines is 2. The zero-order valence-corrected chi connectivity index (χ0v) is 12.9. The molecule has 112 valence electrons. The van der Waals surface area contributed by atoms with Gasteiger partial charge in [-0.2, -0.15) is 4.98 Å². The number of hydrogen-bond acceptors (Lipinski definition) is 4. The zero-order valence-electron chi connectivity index (χ0n) is 12.9. The van der Waals surface area contributed by atoms with E-state index >= 15 is 0 Å². The average molecular weight is 284 g/mol. The molecular formula is C17H24N4. The van der Waals surface area contributed by atoms with E-state index in [2.05, 4.69) is 51.8 Å². The van der Waals surface area contributed by atoms with Crippen molar-refractivity contribution in [1.29, 1.82) is 0 Å². The molecule has 0 aliphatic carbocycles. The van der Waals surface area contributed by atoms with Crippen LogP contribution in [0.4, 0.5) is 11.8 Å². The highest BCUT2D eigenvalue weighted by molar-refractivity contribution is 5.42. The van der Waals surface area contributed by atoms with Crippen LogP contribution in [0.3, 0.4) is 0 Å². The average Bonchev–Trinajstić information content (AvgIpc) is 2.48. The van der Waals surface area contributed by atoms with Crippen molar-refractivity contribution in [3.05, 3.63) is 47.7 Å². The lowest BCUT2D eigenvalue weighted by molar-refractivity contribution is 0.825. The fraction of sp³-hybridized carbons (Fsp3) is 0.412. The predicted molar refractivity (Wildman–Crippen MR) is 88.8 cm³/mol. The Morgan fingerprint density at radius 2 is 1.81 bits per heavy atom. The van der Waals surface area contributed by atoms with E-state index in [1.165, 1.54) is 12.0 Å². The summed E-state index contributed by atoms with van der Waals surface area (Å²) in [4.78, 5) is 8.91. The minimum atomic E-state index is 0.714. The standard InChI is InChI=1S/C17H24N4/c1-3-4-11-19-17-20-14(2)13-16(21-17)18-12-10-15-8-6-5-7-9-15/h5-9,13H,3-4,10-12H2,1-2H3,(H2,18,19,20,21). The summed E-state index contributed by atoms with van der Waals surface area (Å²) in [5.74, 6) is 1.60. The van der Waals surface area contributed by atoms with Gasteiger partial charge in [0.15, 0.2) is 0 Å². The Morgan fingerprint density at radius 1 is 1.00 bits per heavy atom. The molecule has 0 amide bonds. The van der Waals surface area contributed by atoms with Crippen molar-refractivity contribution in [3.8, 4) is 0 Å². The van der Waals surface area contributed by atoms with Gasteiger partial charge in [0.1, 0.15) is 5.82 Å². The Balaban J connectivity index is 1.87. The highest BCUT2D eigenvalue weighted by atomic mass is 15.1. The molecule has 2 N–H and O–H groups in total. The topological polar surface area (TPSA) is 49.8 Å². The lowest BCUT2D eigenvalue weighted by atomic mass is 10.1. The third kappa shape index (κ3) is 5.42. The van der Waals surface area contributed by atoms with E-state index in [0.29, 0.717) is 5.95 Å². The van der Waals surface area contributed by atoms with E-state index < -0.39 is 0 Å². The van der Waals surface area contributed by atoms with Gasteiger partial charge < -0.3 is 10.6 Å². The molecule has 0 bridgehead atoms. The van der Waals surface area contributed by atoms with Crippen molar-refractivity contribution >= 4 is 11.8 Å². The van der Waals surface area contributed by atoms with Gasteiger partial charge in [0.05, 0.1) is 0 Å². The molecule has 21 heavy (non-hydrogen) atoms. The molecule has 4 heteroatoms. The minimum Gasteiger partial charge on any atom is -0.370 e. The van der Waals surface area contributed by atoms with E-state index in [-0.39, 0.29) is 0 Å². The number of aromatic nitrogens is 2. The van der Waals surface area contributed by atoms with Crippen LogP contribution in [-0.4, -0.2) is 23.1 Å². The van der Waals surface area contributed by atoms with E-state index in [4.69, 9.17) is 0 Å². The number of unbranched alkanes of at least 4 members (excludes halogenated alkanes) is 1. The van der Waals surface area contributed by atoms with Gasteiger partial charge >= 0.3 is 0 Å². The summed E-state index contributed by atoms with van der Waals surface area (Å²) in [5.41, 5.74) is 2.31. The molecule has 0 spiro atoms. The molecule has 0 aliphatic heterocycles. The number of nitrogens with zero attached hydrogens (tertiary/aromatic N) is 2. The van der Waals surface area contributed by atoms with Gasteiger partial charge in [0.25, 0.3) is 0 Å². The molecule has 4 nitrogen and oxygen atoms in total. The number of nitrogens with one attached hydrogen (secondary N) is 2. The molecule has 0 saturated heterocycles. The number of benzene rings is 1. The first-order chi connectivity index (χ1) is 10.3. The highest BCUT2D eigenvalue weighted by Gasteiger charge is 2.01. The second kappa shape index (κ2) is 8.25. The number of aryl methyl sites for hydroxylation is 1. The van der Waals surface area contributed by atoms with Crippen LogP contribution in [0.15, 0.2) is 36.4 Å². The van der Waals surface area contributed by atoms with E-state index in [1.54, 1.807) is 0 Å². The van der Waals surface area contributed by atoms with E-state index in [1.807, 2.05) is 19.1 Å². The Bertz CT molecular complexity index is 540. The molecule has 0 saturated carbocycles. The quantitative estimate of drug-likeness (QED) is 0.726. The SMILES string of the molecule is CCCCNc1nc(C)cc(NCCc2ccccc2)n1. The third-order valence-electron chi connectivity index (χ3n) is 3.23. The molecule has 1 aromatic carbocycles. The summed E-state index contributed by atoms with van der Waals surface area (Å²) in [6, 6.07) is 12.4. The second-order valence-corrected chi connectivity index (χ2v) is 5.16. The Labute approximate surface area is 127 Å². The molecule has 0 unspecified atom stereocenters. The molecule has 1 aromatic heterocycles. The Morgan fingerprint density at radius 3 is 2.57 bits per heavy atom. The molecule has 0 atom stereocenters. The van der Waals surface area contributed by atoms with Crippen LogP contribution in [0, 0.1) is 6.92 Å². The fourth-order valence-electron chi connectivity index (χ4n) is 2.09. The van der Waals surface area contributed by atoms with Gasteiger partial charge in [0.2, 0.25) is 5.95 Å². The molecule has 1 heterocycles. The maximum atomic E-state index is 4.50. The van der Waals surface area contributed by atoms with Gasteiger partial charge in [-0.05, 0) is 25.3 Å². The van der Waals surface area contributed by atoms with Gasteiger partial charge in [-0.15, -0.1) is 0 Å². The molecular weight excluding hydrogens is 260 g/mol. The van der Waals surface area contributed by atoms with Crippen LogP contribution in [0.25, 0.3) is 0 Å². The Kier molecular flexibility index (Phi) is 6.00. The summed E-state index contributed by atoms with van der Waals surface area (Å²) in [5, 5.41) is 6.65. The summed E-state index contributed by atoms with van der Waals surface area (Å²) in [6.45, 7) is 5.96. The lowest BCUT2D eigenvalue weighted by Crippen LogP contribution is -2.10. The monoisotopic (exact) mass is 284 g/mol. The van der Waals surface area contributed by atoms with Gasteiger partial charge in [-0.3, -0.25) is 0 Å². The Hall–Kier alpha value is -2.10. The van der Waals surface area contributed by atoms with Crippen molar-refractivity contribution in [3.63, 3.8) is 0 Å². The van der Waals surface area contributed by atoms with Crippen LogP contribution >= 0.6 is 0 Å². The van der Waals surface area contributed by atoms with Crippen molar-refractivity contribution in [1.82, 2.24) is 9.97 Å². The highest BCUT2D eigenvalue weighted by Crippen LogP contribution is 2.10. The maximum absolute atomic E-state index is 4.50. The smallest absolute Gasteiger partial charge is 0.224 e. The molecule has 0 radical (unpaired) electrons. The van der Waals surface area contributed by atoms with Gasteiger partial charge in [-0.25, -0.2) is 4.98 Å². The first-order valence-electron chi connectivity index (χ1n) is 7.65. The van der Waals surface area contributed by atoms with Crippen molar-refractivity contribution in [2.75, 3.05) is 23.7 Å². The first kappa shape index (κ1) is 15.3. The zero-order chi connectivity index (χ0) is 14.9. The van der Waals surface area contributed by atoms with Crippen LogP contribution in [0.2, 0.25) is 0 Å². The minimum absolute atomic E-state index is 0.714. The van der Waals surface area contributed by atoms with Crippen LogP contribution in [0.5, 0.6) is 0 Å². The van der Waals surface area contributed by atoms with E-state index in [9.17, 15) is 0 Å². The molecule has 0 aliphatic rings. The van der Waals surface area contributed by atoms with Crippen molar-refractivity contribution in [2.24, 2.45) is 0 Å². The maximum Gasteiger partial charge on any atom is 0.224 e. The number of rotatable bonds is 8. The van der Waals surface area contributed by atoms with Crippen molar-refractivity contribution < 1.29 is 0 Å². The molecule has 2 rings (SSSR count). The summed E-state index contributed by atoms with van der Waals surface area (Å²) in [6.07, 6.45) is 3.29. The van der Waals surface area contributed by atoms with Gasteiger partial charge in [0, 0.05) is 24.8 Å².